The molecule has 1 N–H and O–H groups in total. The topological polar surface area (TPSA) is 68.1 Å². The Kier molecular flexibility index (Phi) is 4.20. The fraction of sp³-hybridized carbons (Fsp3) is 0.214. The molecule has 6 heteroatoms. The van der Waals surface area contributed by atoms with Crippen LogP contribution in [0.15, 0.2) is 36.5 Å². The van der Waals surface area contributed by atoms with E-state index in [9.17, 15) is 10.1 Å². The minimum atomic E-state index is -0.443. The molecule has 1 atom stereocenters. The molecule has 20 heavy (non-hydrogen) atoms. The number of aromatic nitrogens is 1. The van der Waals surface area contributed by atoms with Gasteiger partial charge in [0.1, 0.15) is 0 Å². The predicted octanol–water partition coefficient (Wildman–Crippen LogP) is 4.12. The van der Waals surface area contributed by atoms with E-state index in [2.05, 4.69) is 10.3 Å². The Hall–Kier alpha value is -2.14. The van der Waals surface area contributed by atoms with Gasteiger partial charge in [-0.25, -0.2) is 4.98 Å². The first-order chi connectivity index (χ1) is 9.49. The molecule has 0 fully saturated rings. The molecule has 0 aliphatic rings. The van der Waals surface area contributed by atoms with Gasteiger partial charge >= 0.3 is 5.69 Å². The molecule has 0 amide bonds. The van der Waals surface area contributed by atoms with Crippen molar-refractivity contribution < 1.29 is 4.92 Å². The van der Waals surface area contributed by atoms with Crippen molar-refractivity contribution in [2.75, 3.05) is 5.32 Å². The molecule has 1 aromatic carbocycles. The molecule has 0 spiro atoms. The number of rotatable bonds is 4. The highest BCUT2D eigenvalue weighted by molar-refractivity contribution is 6.31. The van der Waals surface area contributed by atoms with E-state index in [-0.39, 0.29) is 17.5 Å². The third kappa shape index (κ3) is 3.05. The van der Waals surface area contributed by atoms with Gasteiger partial charge in [-0.15, -0.1) is 0 Å². The van der Waals surface area contributed by atoms with E-state index in [1.165, 1.54) is 6.07 Å². The highest BCUT2D eigenvalue weighted by atomic mass is 35.5. The lowest BCUT2D eigenvalue weighted by Gasteiger charge is -2.16. The van der Waals surface area contributed by atoms with Crippen LogP contribution in [-0.2, 0) is 0 Å². The lowest BCUT2D eigenvalue weighted by atomic mass is 10.1. The average Bonchev–Trinajstić information content (AvgIpc) is 2.41. The fourth-order valence-electron chi connectivity index (χ4n) is 1.91. The Labute approximate surface area is 121 Å². The van der Waals surface area contributed by atoms with Crippen molar-refractivity contribution in [3.63, 3.8) is 0 Å². The van der Waals surface area contributed by atoms with E-state index >= 15 is 0 Å². The van der Waals surface area contributed by atoms with Gasteiger partial charge < -0.3 is 5.32 Å². The lowest BCUT2D eigenvalue weighted by Crippen LogP contribution is -2.10. The van der Waals surface area contributed by atoms with Crippen LogP contribution in [0.4, 0.5) is 11.5 Å². The Balaban J connectivity index is 2.31. The van der Waals surface area contributed by atoms with Crippen LogP contribution in [0, 0.1) is 17.0 Å². The summed E-state index contributed by atoms with van der Waals surface area (Å²) < 4.78 is 0. The number of halogens is 1. The Morgan fingerprint density at radius 3 is 2.75 bits per heavy atom. The minimum Gasteiger partial charge on any atom is -0.358 e. The van der Waals surface area contributed by atoms with E-state index in [0.29, 0.717) is 5.02 Å². The summed E-state index contributed by atoms with van der Waals surface area (Å²) in [4.78, 5) is 14.7. The first-order valence-corrected chi connectivity index (χ1v) is 6.49. The molecule has 0 saturated carbocycles. The molecule has 2 aromatic rings. The summed E-state index contributed by atoms with van der Waals surface area (Å²) >= 11 is 6.12. The number of benzene rings is 1. The minimum absolute atomic E-state index is 0.0381. The Bertz CT molecular complexity index is 646. The summed E-state index contributed by atoms with van der Waals surface area (Å²) in [6, 6.07) is 8.68. The van der Waals surface area contributed by atoms with Gasteiger partial charge in [0.05, 0.1) is 11.0 Å². The summed E-state index contributed by atoms with van der Waals surface area (Å²) in [5.74, 6) is 0.244. The maximum atomic E-state index is 11.1. The monoisotopic (exact) mass is 291 g/mol. The number of pyridine rings is 1. The van der Waals surface area contributed by atoms with Gasteiger partial charge in [-0.3, -0.25) is 10.1 Å². The van der Waals surface area contributed by atoms with E-state index in [4.69, 9.17) is 11.6 Å². The molecule has 104 valence electrons. The SMILES string of the molecule is Cc1cnc(NC(C)c2ccccc2Cl)c([N+](=O)[O-])c1. The molecule has 0 radical (unpaired) electrons. The zero-order valence-corrected chi connectivity index (χ0v) is 11.9. The smallest absolute Gasteiger partial charge is 0.311 e. The second kappa shape index (κ2) is 5.88. The van der Waals surface area contributed by atoms with Crippen molar-refractivity contribution in [1.29, 1.82) is 0 Å². The van der Waals surface area contributed by atoms with Crippen LogP contribution in [0.1, 0.15) is 24.1 Å². The second-order valence-electron chi connectivity index (χ2n) is 4.53. The van der Waals surface area contributed by atoms with E-state index < -0.39 is 4.92 Å². The molecule has 0 aliphatic heterocycles. The largest absolute Gasteiger partial charge is 0.358 e. The summed E-state index contributed by atoms with van der Waals surface area (Å²) in [5.41, 5.74) is 1.57. The molecule has 0 aliphatic carbocycles. The van der Waals surface area contributed by atoms with Crippen LogP contribution < -0.4 is 5.32 Å². The van der Waals surface area contributed by atoms with E-state index in [0.717, 1.165) is 11.1 Å². The molecular weight excluding hydrogens is 278 g/mol. The van der Waals surface area contributed by atoms with Gasteiger partial charge in [-0.2, -0.15) is 0 Å². The van der Waals surface area contributed by atoms with Crippen LogP contribution in [0.2, 0.25) is 5.02 Å². The number of hydrogen-bond acceptors (Lipinski definition) is 4. The number of aryl methyl sites for hydroxylation is 1. The fourth-order valence-corrected chi connectivity index (χ4v) is 2.21. The van der Waals surface area contributed by atoms with E-state index in [1.807, 2.05) is 25.1 Å². The summed E-state index contributed by atoms with van der Waals surface area (Å²) in [6.07, 6.45) is 1.59. The van der Waals surface area contributed by atoms with Gasteiger partial charge in [-0.1, -0.05) is 29.8 Å². The first-order valence-electron chi connectivity index (χ1n) is 6.11. The highest BCUT2D eigenvalue weighted by Crippen LogP contribution is 2.29. The number of nitro groups is 1. The van der Waals surface area contributed by atoms with Gasteiger partial charge in [0.25, 0.3) is 0 Å². The maximum absolute atomic E-state index is 11.1. The highest BCUT2D eigenvalue weighted by Gasteiger charge is 2.18. The predicted molar refractivity (Wildman–Crippen MR) is 79.1 cm³/mol. The van der Waals surface area contributed by atoms with E-state index in [1.54, 1.807) is 19.2 Å². The lowest BCUT2D eigenvalue weighted by molar-refractivity contribution is -0.384. The normalized spacial score (nSPS) is 11.9. The molecule has 0 bridgehead atoms. The summed E-state index contributed by atoms with van der Waals surface area (Å²) in [5, 5.41) is 14.7. The van der Waals surface area contributed by atoms with Crippen LogP contribution in [-0.4, -0.2) is 9.91 Å². The summed E-state index contributed by atoms with van der Waals surface area (Å²) in [6.45, 7) is 3.65. The van der Waals surface area contributed by atoms with Crippen LogP contribution in [0.5, 0.6) is 0 Å². The molecule has 1 heterocycles. The van der Waals surface area contributed by atoms with Crippen molar-refractivity contribution in [2.24, 2.45) is 0 Å². The van der Waals surface area contributed by atoms with Crippen molar-refractivity contribution in [3.05, 3.63) is 62.8 Å². The van der Waals surface area contributed by atoms with Crippen molar-refractivity contribution >= 4 is 23.1 Å². The van der Waals surface area contributed by atoms with Gasteiger partial charge in [0.2, 0.25) is 5.82 Å². The average molecular weight is 292 g/mol. The zero-order chi connectivity index (χ0) is 14.7. The summed E-state index contributed by atoms with van der Waals surface area (Å²) in [7, 11) is 0. The molecule has 1 unspecified atom stereocenters. The number of nitrogens with zero attached hydrogens (tertiary/aromatic N) is 2. The number of anilines is 1. The molecule has 0 saturated heterocycles. The third-order valence-corrected chi connectivity index (χ3v) is 3.27. The van der Waals surface area contributed by atoms with Gasteiger partial charge in [0.15, 0.2) is 0 Å². The first kappa shape index (κ1) is 14.3. The Morgan fingerprint density at radius 1 is 1.40 bits per heavy atom. The molecular formula is C14H14ClN3O2. The van der Waals surface area contributed by atoms with Crippen molar-refractivity contribution in [3.8, 4) is 0 Å². The van der Waals surface area contributed by atoms with Crippen LogP contribution >= 0.6 is 11.6 Å². The molecule has 1 aromatic heterocycles. The van der Waals surface area contributed by atoms with Crippen LogP contribution in [0.3, 0.4) is 0 Å². The quantitative estimate of drug-likeness (QED) is 0.679. The molecule has 2 rings (SSSR count). The number of nitrogens with one attached hydrogen (secondary N) is 1. The second-order valence-corrected chi connectivity index (χ2v) is 4.93. The van der Waals surface area contributed by atoms with Crippen LogP contribution in [0.25, 0.3) is 0 Å². The van der Waals surface area contributed by atoms with Crippen molar-refractivity contribution in [1.82, 2.24) is 4.98 Å². The molecule has 5 nitrogen and oxygen atoms in total. The standard InChI is InChI=1S/C14H14ClN3O2/c1-9-7-13(18(19)20)14(16-8-9)17-10(2)11-5-3-4-6-12(11)15/h3-8,10H,1-2H3,(H,16,17). The van der Waals surface area contributed by atoms with Gasteiger partial charge in [-0.05, 0) is 31.0 Å². The maximum Gasteiger partial charge on any atom is 0.311 e. The third-order valence-electron chi connectivity index (χ3n) is 2.93. The van der Waals surface area contributed by atoms with Gasteiger partial charge in [0, 0.05) is 17.3 Å². The number of hydrogen-bond donors (Lipinski definition) is 1. The van der Waals surface area contributed by atoms with Crippen molar-refractivity contribution in [2.45, 2.75) is 19.9 Å². The zero-order valence-electron chi connectivity index (χ0n) is 11.1. The Morgan fingerprint density at radius 2 is 2.10 bits per heavy atom.